The first-order valence-corrected chi connectivity index (χ1v) is 9.61. The first-order valence-electron chi connectivity index (χ1n) is 9.61. The van der Waals surface area contributed by atoms with Gasteiger partial charge in [0.15, 0.2) is 5.96 Å². The summed E-state index contributed by atoms with van der Waals surface area (Å²) in [4.78, 5) is 9.12. The number of piperazine rings is 1. The number of hydrogen-bond donors (Lipinski definition) is 1. The maximum absolute atomic E-state index is 5.70. The summed E-state index contributed by atoms with van der Waals surface area (Å²) in [6, 6.07) is 1.92. The molecule has 3 heterocycles. The third-order valence-corrected chi connectivity index (χ3v) is 4.84. The number of aliphatic imine (C=N–C) groups is 1. The molecule has 1 aromatic heterocycles. The van der Waals surface area contributed by atoms with E-state index in [9.17, 15) is 0 Å². The number of ether oxygens (including phenoxy) is 2. The van der Waals surface area contributed by atoms with E-state index in [0.29, 0.717) is 6.10 Å². The topological polar surface area (TPSA) is 75.4 Å². The highest BCUT2D eigenvalue weighted by atomic mass is 16.5. The fourth-order valence-corrected chi connectivity index (χ4v) is 3.36. The predicted molar refractivity (Wildman–Crippen MR) is 99.1 cm³/mol. The van der Waals surface area contributed by atoms with Crippen molar-refractivity contribution >= 4 is 5.96 Å². The Morgan fingerprint density at radius 1 is 1.38 bits per heavy atom. The summed E-state index contributed by atoms with van der Waals surface area (Å²) in [5.74, 6) is 0.977. The molecule has 8 heteroatoms. The van der Waals surface area contributed by atoms with Gasteiger partial charge in [-0.05, 0) is 19.3 Å². The molecular weight excluding hydrogens is 334 g/mol. The van der Waals surface area contributed by atoms with Crippen LogP contribution < -0.4 is 5.32 Å². The lowest BCUT2D eigenvalue weighted by atomic mass is 10.2. The van der Waals surface area contributed by atoms with Crippen LogP contribution >= 0.6 is 0 Å². The van der Waals surface area contributed by atoms with Gasteiger partial charge in [-0.25, -0.2) is 0 Å². The smallest absolute Gasteiger partial charge is 0.193 e. The summed E-state index contributed by atoms with van der Waals surface area (Å²) in [6.45, 7) is 8.02. The molecule has 2 aliphatic heterocycles. The van der Waals surface area contributed by atoms with Crippen molar-refractivity contribution in [2.24, 2.45) is 4.99 Å². The van der Waals surface area contributed by atoms with Gasteiger partial charge in [0.2, 0.25) is 0 Å². The van der Waals surface area contributed by atoms with Crippen LogP contribution in [-0.4, -0.2) is 86.6 Å². The van der Waals surface area contributed by atoms with Gasteiger partial charge in [-0.3, -0.25) is 9.89 Å². The second-order valence-electron chi connectivity index (χ2n) is 6.79. The van der Waals surface area contributed by atoms with E-state index in [4.69, 9.17) is 14.0 Å². The summed E-state index contributed by atoms with van der Waals surface area (Å²) >= 11 is 0. The second-order valence-corrected chi connectivity index (χ2v) is 6.79. The summed E-state index contributed by atoms with van der Waals surface area (Å²) in [7, 11) is 1.85. The minimum atomic E-state index is 0.310. The minimum absolute atomic E-state index is 0.310. The number of guanidine groups is 1. The van der Waals surface area contributed by atoms with E-state index < -0.39 is 0 Å². The van der Waals surface area contributed by atoms with E-state index in [1.165, 1.54) is 0 Å². The molecule has 0 spiro atoms. The molecule has 0 saturated carbocycles. The van der Waals surface area contributed by atoms with Crippen LogP contribution in [0.1, 0.15) is 25.0 Å². The Hall–Kier alpha value is -1.64. The number of nitrogens with one attached hydrogen (secondary N) is 1. The van der Waals surface area contributed by atoms with E-state index >= 15 is 0 Å². The van der Waals surface area contributed by atoms with Crippen LogP contribution in [-0.2, 0) is 16.0 Å². The molecule has 26 heavy (non-hydrogen) atoms. The number of aromatic nitrogens is 1. The normalized spacial score (nSPS) is 22.1. The fraction of sp³-hybridized carbons (Fsp3) is 0.778. The standard InChI is InChI=1S/C18H31N5O3/c1-19-18(20-6-3-11-24-15-17-4-2-12-25-17)23-9-7-22(8-10-23)14-16-5-13-26-21-16/h5,13,17H,2-4,6-12,14-15H2,1H3,(H,19,20). The Labute approximate surface area is 155 Å². The first kappa shape index (κ1) is 19.1. The summed E-state index contributed by atoms with van der Waals surface area (Å²) < 4.78 is 16.2. The number of rotatable bonds is 8. The average Bonchev–Trinajstić information content (AvgIpc) is 3.36. The lowest BCUT2D eigenvalue weighted by molar-refractivity contribution is 0.0168. The Morgan fingerprint density at radius 2 is 2.27 bits per heavy atom. The molecular formula is C18H31N5O3. The molecule has 2 aliphatic rings. The highest BCUT2D eigenvalue weighted by molar-refractivity contribution is 5.79. The van der Waals surface area contributed by atoms with E-state index in [0.717, 1.165) is 90.0 Å². The zero-order chi connectivity index (χ0) is 18.0. The largest absolute Gasteiger partial charge is 0.379 e. The molecule has 146 valence electrons. The SMILES string of the molecule is CN=C(NCCCOCC1CCCO1)N1CCN(Cc2ccon2)CC1. The van der Waals surface area contributed by atoms with Gasteiger partial charge in [0.25, 0.3) is 0 Å². The molecule has 1 unspecified atom stereocenters. The maximum Gasteiger partial charge on any atom is 0.193 e. The molecule has 0 radical (unpaired) electrons. The van der Waals surface area contributed by atoms with Crippen LogP contribution in [0.4, 0.5) is 0 Å². The van der Waals surface area contributed by atoms with Crippen LogP contribution in [0.2, 0.25) is 0 Å². The molecule has 0 amide bonds. The van der Waals surface area contributed by atoms with Crippen molar-refractivity contribution in [1.29, 1.82) is 0 Å². The van der Waals surface area contributed by atoms with Crippen LogP contribution in [0, 0.1) is 0 Å². The Bertz CT molecular complexity index is 523. The molecule has 8 nitrogen and oxygen atoms in total. The van der Waals surface area contributed by atoms with Crippen molar-refractivity contribution in [2.45, 2.75) is 31.9 Å². The second kappa shape index (κ2) is 10.5. The van der Waals surface area contributed by atoms with E-state index in [1.807, 2.05) is 13.1 Å². The van der Waals surface area contributed by atoms with Gasteiger partial charge >= 0.3 is 0 Å². The zero-order valence-corrected chi connectivity index (χ0v) is 15.7. The first-order chi connectivity index (χ1) is 12.8. The van der Waals surface area contributed by atoms with Crippen molar-refractivity contribution < 1.29 is 14.0 Å². The van der Waals surface area contributed by atoms with Gasteiger partial charge in [0, 0.05) is 65.6 Å². The van der Waals surface area contributed by atoms with Crippen molar-refractivity contribution in [3.05, 3.63) is 18.0 Å². The Kier molecular flexibility index (Phi) is 7.72. The summed E-state index contributed by atoms with van der Waals surface area (Å²) in [5.41, 5.74) is 0.990. The van der Waals surface area contributed by atoms with Crippen LogP contribution in [0.15, 0.2) is 21.8 Å². The number of nitrogens with zero attached hydrogens (tertiary/aromatic N) is 4. The summed E-state index contributed by atoms with van der Waals surface area (Å²) in [5, 5.41) is 7.43. The summed E-state index contributed by atoms with van der Waals surface area (Å²) in [6.07, 6.45) is 5.20. The van der Waals surface area contributed by atoms with Crippen molar-refractivity contribution in [3.63, 3.8) is 0 Å². The van der Waals surface area contributed by atoms with Gasteiger partial charge < -0.3 is 24.2 Å². The van der Waals surface area contributed by atoms with Crippen molar-refractivity contribution in [2.75, 3.05) is 59.6 Å². The monoisotopic (exact) mass is 365 g/mol. The third kappa shape index (κ3) is 5.96. The molecule has 2 saturated heterocycles. The quantitative estimate of drug-likeness (QED) is 0.418. The molecule has 0 aromatic carbocycles. The predicted octanol–water partition coefficient (Wildman–Crippen LogP) is 0.953. The minimum Gasteiger partial charge on any atom is -0.379 e. The van der Waals surface area contributed by atoms with Gasteiger partial charge in [0.1, 0.15) is 6.26 Å². The maximum atomic E-state index is 5.70. The molecule has 3 rings (SSSR count). The van der Waals surface area contributed by atoms with Gasteiger partial charge in [-0.2, -0.15) is 0 Å². The Morgan fingerprint density at radius 3 is 2.96 bits per heavy atom. The van der Waals surface area contributed by atoms with Gasteiger partial charge in [-0.1, -0.05) is 5.16 Å². The van der Waals surface area contributed by atoms with Crippen LogP contribution in [0.25, 0.3) is 0 Å². The number of hydrogen-bond acceptors (Lipinski definition) is 6. The van der Waals surface area contributed by atoms with Gasteiger partial charge in [-0.15, -0.1) is 0 Å². The molecule has 2 fully saturated rings. The van der Waals surface area contributed by atoms with Crippen LogP contribution in [0.5, 0.6) is 0 Å². The molecule has 1 aromatic rings. The zero-order valence-electron chi connectivity index (χ0n) is 15.7. The molecule has 0 aliphatic carbocycles. The highest BCUT2D eigenvalue weighted by Gasteiger charge is 2.20. The fourth-order valence-electron chi connectivity index (χ4n) is 3.36. The van der Waals surface area contributed by atoms with Crippen molar-refractivity contribution in [1.82, 2.24) is 20.3 Å². The Balaban J connectivity index is 1.27. The van der Waals surface area contributed by atoms with Gasteiger partial charge in [0.05, 0.1) is 18.4 Å². The van der Waals surface area contributed by atoms with E-state index in [-0.39, 0.29) is 0 Å². The lowest BCUT2D eigenvalue weighted by Crippen LogP contribution is -2.52. The van der Waals surface area contributed by atoms with E-state index in [2.05, 4.69) is 25.3 Å². The average molecular weight is 365 g/mol. The van der Waals surface area contributed by atoms with Crippen molar-refractivity contribution in [3.8, 4) is 0 Å². The highest BCUT2D eigenvalue weighted by Crippen LogP contribution is 2.12. The molecule has 0 bridgehead atoms. The lowest BCUT2D eigenvalue weighted by Gasteiger charge is -2.36. The third-order valence-electron chi connectivity index (χ3n) is 4.84. The molecule has 1 atom stereocenters. The van der Waals surface area contributed by atoms with E-state index in [1.54, 1.807) is 6.26 Å². The molecule has 1 N–H and O–H groups in total. The van der Waals surface area contributed by atoms with Crippen LogP contribution in [0.3, 0.4) is 0 Å².